The highest BCUT2D eigenvalue weighted by atomic mass is 32.2. The molecule has 154 valence electrons. The van der Waals surface area contributed by atoms with Crippen molar-refractivity contribution in [2.75, 3.05) is 20.6 Å². The van der Waals surface area contributed by atoms with E-state index in [2.05, 4.69) is 14.1 Å². The molecule has 2 aromatic carbocycles. The van der Waals surface area contributed by atoms with E-state index >= 15 is 0 Å². The van der Waals surface area contributed by atoms with Crippen molar-refractivity contribution in [2.45, 2.75) is 37.5 Å². The number of quaternary nitrogens is 1. The number of hydrogen-bond acceptors (Lipinski definition) is 5. The van der Waals surface area contributed by atoms with Crippen molar-refractivity contribution in [2.24, 2.45) is 0 Å². The molecule has 7 nitrogen and oxygen atoms in total. The summed E-state index contributed by atoms with van der Waals surface area (Å²) in [4.78, 5) is 11.4. The van der Waals surface area contributed by atoms with Gasteiger partial charge < -0.3 is 9.45 Å². The Hall–Kier alpha value is -2.29. The molecule has 0 fully saturated rings. The SMILES string of the molecule is C[NH+](C)CCCCCc1ccc([N+](=O)[O-])cc1.Cc1ccc(S(=O)(=O)[O-])cc1. The molecule has 0 amide bonds. The quantitative estimate of drug-likeness (QED) is 0.312. The molecule has 0 radical (unpaired) electrons. The summed E-state index contributed by atoms with van der Waals surface area (Å²) in [6, 6.07) is 12.7. The van der Waals surface area contributed by atoms with E-state index < -0.39 is 10.1 Å². The lowest BCUT2D eigenvalue weighted by Crippen LogP contribution is -3.05. The summed E-state index contributed by atoms with van der Waals surface area (Å²) in [5.41, 5.74) is 2.29. The van der Waals surface area contributed by atoms with Crippen molar-refractivity contribution < 1.29 is 22.8 Å². The molecule has 0 spiro atoms. The first-order valence-electron chi connectivity index (χ1n) is 9.14. The zero-order valence-electron chi connectivity index (χ0n) is 16.6. The van der Waals surface area contributed by atoms with Gasteiger partial charge in [-0.05, 0) is 50.3 Å². The molecule has 0 atom stereocenters. The van der Waals surface area contributed by atoms with Crippen LogP contribution >= 0.6 is 0 Å². The van der Waals surface area contributed by atoms with Gasteiger partial charge in [-0.1, -0.05) is 29.8 Å². The van der Waals surface area contributed by atoms with Gasteiger partial charge in [-0.3, -0.25) is 10.1 Å². The van der Waals surface area contributed by atoms with Gasteiger partial charge in [0.1, 0.15) is 10.1 Å². The number of nitrogens with zero attached hydrogens (tertiary/aromatic N) is 1. The van der Waals surface area contributed by atoms with Crippen LogP contribution in [0, 0.1) is 17.0 Å². The minimum absolute atomic E-state index is 0.171. The van der Waals surface area contributed by atoms with Gasteiger partial charge >= 0.3 is 0 Å². The van der Waals surface area contributed by atoms with Gasteiger partial charge in [-0.15, -0.1) is 0 Å². The summed E-state index contributed by atoms with van der Waals surface area (Å²) in [6.07, 6.45) is 4.64. The van der Waals surface area contributed by atoms with Crippen LogP contribution in [0.3, 0.4) is 0 Å². The molecule has 0 aliphatic carbocycles. The van der Waals surface area contributed by atoms with E-state index in [1.165, 1.54) is 42.0 Å². The van der Waals surface area contributed by atoms with Crippen LogP contribution < -0.4 is 4.90 Å². The summed E-state index contributed by atoms with van der Waals surface area (Å²) < 4.78 is 31.2. The van der Waals surface area contributed by atoms with Crippen LogP contribution in [0.1, 0.15) is 30.4 Å². The summed E-state index contributed by atoms with van der Waals surface area (Å²) in [7, 11) is 0.0565. The molecule has 0 saturated heterocycles. The van der Waals surface area contributed by atoms with Crippen molar-refractivity contribution in [1.29, 1.82) is 0 Å². The molecule has 0 bridgehead atoms. The first-order chi connectivity index (χ1) is 13.1. The Morgan fingerprint density at radius 1 is 0.929 bits per heavy atom. The smallest absolute Gasteiger partial charge is 0.269 e. The Kier molecular flexibility index (Phi) is 9.78. The van der Waals surface area contributed by atoms with E-state index in [1.54, 1.807) is 24.3 Å². The van der Waals surface area contributed by atoms with E-state index in [0.29, 0.717) is 0 Å². The molecule has 0 aliphatic rings. The minimum Gasteiger partial charge on any atom is -0.744 e. The molecular weight excluding hydrogens is 380 g/mol. The Balaban J connectivity index is 0.000000307. The lowest BCUT2D eigenvalue weighted by atomic mass is 10.1. The van der Waals surface area contributed by atoms with Gasteiger partial charge in [0, 0.05) is 12.1 Å². The van der Waals surface area contributed by atoms with Crippen LogP contribution in [-0.4, -0.2) is 38.5 Å². The molecule has 0 unspecified atom stereocenters. The fourth-order valence-corrected chi connectivity index (χ4v) is 2.94. The van der Waals surface area contributed by atoms with Crippen molar-refractivity contribution in [3.63, 3.8) is 0 Å². The second-order valence-electron chi connectivity index (χ2n) is 6.96. The number of hydrogen-bond donors (Lipinski definition) is 1. The molecule has 1 N–H and O–H groups in total. The molecule has 0 aliphatic heterocycles. The molecular formula is C20H28N2O5S. The van der Waals surface area contributed by atoms with Crippen LogP contribution in [-0.2, 0) is 16.5 Å². The summed E-state index contributed by atoms with van der Waals surface area (Å²) in [5.74, 6) is 0. The van der Waals surface area contributed by atoms with Crippen LogP contribution in [0.15, 0.2) is 53.4 Å². The number of benzene rings is 2. The molecule has 0 saturated carbocycles. The average molecular weight is 409 g/mol. The van der Waals surface area contributed by atoms with E-state index in [1.807, 2.05) is 19.1 Å². The van der Waals surface area contributed by atoms with Gasteiger partial charge in [0.2, 0.25) is 0 Å². The van der Waals surface area contributed by atoms with E-state index in [9.17, 15) is 23.1 Å². The number of nitrogens with one attached hydrogen (secondary N) is 1. The Bertz CT molecular complexity index is 832. The van der Waals surface area contributed by atoms with Crippen molar-refractivity contribution in [3.8, 4) is 0 Å². The summed E-state index contributed by atoms with van der Waals surface area (Å²) in [6.45, 7) is 3.03. The Labute approximate surface area is 166 Å². The number of rotatable bonds is 8. The fourth-order valence-electron chi connectivity index (χ4n) is 2.47. The predicted molar refractivity (Wildman–Crippen MR) is 107 cm³/mol. The minimum atomic E-state index is -4.27. The Morgan fingerprint density at radius 2 is 1.50 bits per heavy atom. The lowest BCUT2D eigenvalue weighted by Gasteiger charge is -2.06. The molecule has 8 heteroatoms. The topological polar surface area (TPSA) is 105 Å². The number of nitro groups is 1. The third-order valence-electron chi connectivity index (χ3n) is 4.10. The second kappa shape index (κ2) is 11.5. The van der Waals surface area contributed by atoms with Gasteiger partial charge in [-0.2, -0.15) is 0 Å². The molecule has 2 rings (SSSR count). The highest BCUT2D eigenvalue weighted by molar-refractivity contribution is 7.85. The van der Waals surface area contributed by atoms with Gasteiger partial charge in [0.25, 0.3) is 5.69 Å². The van der Waals surface area contributed by atoms with Crippen molar-refractivity contribution in [3.05, 3.63) is 69.8 Å². The van der Waals surface area contributed by atoms with Gasteiger partial charge in [-0.25, -0.2) is 8.42 Å². The first-order valence-corrected chi connectivity index (χ1v) is 10.6. The first kappa shape index (κ1) is 23.7. The Morgan fingerprint density at radius 3 is 1.96 bits per heavy atom. The van der Waals surface area contributed by atoms with Crippen LogP contribution in [0.5, 0.6) is 0 Å². The van der Waals surface area contributed by atoms with Gasteiger partial charge in [0.15, 0.2) is 0 Å². The zero-order valence-corrected chi connectivity index (χ0v) is 17.4. The number of unbranched alkanes of at least 4 members (excludes halogenated alkanes) is 2. The normalized spacial score (nSPS) is 11.0. The third-order valence-corrected chi connectivity index (χ3v) is 4.95. The molecule has 28 heavy (non-hydrogen) atoms. The lowest BCUT2D eigenvalue weighted by molar-refractivity contribution is -0.858. The zero-order chi connectivity index (χ0) is 21.2. The second-order valence-corrected chi connectivity index (χ2v) is 8.34. The summed E-state index contributed by atoms with van der Waals surface area (Å²) in [5, 5.41) is 10.5. The third kappa shape index (κ3) is 9.59. The van der Waals surface area contributed by atoms with Crippen LogP contribution in [0.2, 0.25) is 0 Å². The maximum atomic E-state index is 10.5. The van der Waals surface area contributed by atoms with Gasteiger partial charge in [0.05, 0.1) is 30.5 Å². The van der Waals surface area contributed by atoms with E-state index in [0.717, 1.165) is 18.4 Å². The molecule has 0 aromatic heterocycles. The maximum Gasteiger partial charge on any atom is 0.269 e. The highest BCUT2D eigenvalue weighted by Gasteiger charge is 2.03. The largest absolute Gasteiger partial charge is 0.744 e. The molecule has 2 aromatic rings. The monoisotopic (exact) mass is 408 g/mol. The average Bonchev–Trinajstić information content (AvgIpc) is 2.62. The maximum absolute atomic E-state index is 10.5. The van der Waals surface area contributed by atoms with E-state index in [4.69, 9.17) is 0 Å². The molecule has 0 heterocycles. The van der Waals surface area contributed by atoms with Crippen molar-refractivity contribution >= 4 is 15.8 Å². The number of non-ortho nitro benzene ring substituents is 1. The van der Waals surface area contributed by atoms with Crippen LogP contribution in [0.25, 0.3) is 0 Å². The van der Waals surface area contributed by atoms with Crippen molar-refractivity contribution in [1.82, 2.24) is 0 Å². The fraction of sp³-hybridized carbons (Fsp3) is 0.400. The predicted octanol–water partition coefficient (Wildman–Crippen LogP) is 2.35. The summed E-state index contributed by atoms with van der Waals surface area (Å²) >= 11 is 0. The standard InChI is InChI=1S/C13H20N2O2.C7H8O3S/c1-14(2)11-5-3-4-6-12-7-9-13(10-8-12)15(16)17;1-6-2-4-7(5-3-6)11(8,9)10/h7-10H,3-6,11H2,1-2H3;2-5H,1H3,(H,8,9,10). The van der Waals surface area contributed by atoms with Crippen LogP contribution in [0.4, 0.5) is 5.69 Å². The number of aryl methyl sites for hydroxylation is 2. The van der Waals surface area contributed by atoms with E-state index in [-0.39, 0.29) is 15.5 Å². The number of nitro benzene ring substituents is 1. The highest BCUT2D eigenvalue weighted by Crippen LogP contribution is 2.13.